The van der Waals surface area contributed by atoms with Gasteiger partial charge in [0.1, 0.15) is 5.82 Å². The van der Waals surface area contributed by atoms with Crippen molar-refractivity contribution in [3.63, 3.8) is 0 Å². The average Bonchev–Trinajstić information content (AvgIpc) is 2.97. The maximum atomic E-state index is 13.6. The molecule has 0 radical (unpaired) electrons. The zero-order valence-electron chi connectivity index (χ0n) is 14.8. The molecule has 140 valence electrons. The van der Waals surface area contributed by atoms with Crippen LogP contribution in [0.25, 0.3) is 17.0 Å². The first-order chi connectivity index (χ1) is 12.7. The molecule has 0 saturated heterocycles. The molecule has 0 spiro atoms. The van der Waals surface area contributed by atoms with Gasteiger partial charge in [0.25, 0.3) is 10.0 Å². The van der Waals surface area contributed by atoms with E-state index in [1.807, 2.05) is 6.92 Å². The third-order valence-electron chi connectivity index (χ3n) is 4.28. The normalized spacial score (nSPS) is 12.5. The van der Waals surface area contributed by atoms with Crippen molar-refractivity contribution in [2.24, 2.45) is 0 Å². The SMILES string of the molecule is CCC(=Cc1cc2cc(F)ccc2n1S(=O)(=O)c1ccc(C)cc1)C(=O)O. The number of carboxylic acids is 1. The van der Waals surface area contributed by atoms with Crippen LogP contribution in [0.5, 0.6) is 0 Å². The second-order valence-electron chi connectivity index (χ2n) is 6.18. The molecule has 3 aromatic rings. The van der Waals surface area contributed by atoms with E-state index in [1.54, 1.807) is 19.1 Å². The first-order valence-electron chi connectivity index (χ1n) is 8.31. The van der Waals surface area contributed by atoms with Crippen molar-refractivity contribution in [3.8, 4) is 0 Å². The summed E-state index contributed by atoms with van der Waals surface area (Å²) in [6.07, 6.45) is 1.53. The van der Waals surface area contributed by atoms with Crippen molar-refractivity contribution < 1.29 is 22.7 Å². The maximum absolute atomic E-state index is 13.6. The van der Waals surface area contributed by atoms with Crippen molar-refractivity contribution in [2.45, 2.75) is 25.2 Å². The molecule has 1 N–H and O–H groups in total. The van der Waals surface area contributed by atoms with Gasteiger partial charge < -0.3 is 5.11 Å². The zero-order chi connectivity index (χ0) is 19.8. The topological polar surface area (TPSA) is 76.4 Å². The maximum Gasteiger partial charge on any atom is 0.331 e. The van der Waals surface area contributed by atoms with E-state index in [-0.39, 0.29) is 28.1 Å². The summed E-state index contributed by atoms with van der Waals surface area (Å²) in [5.74, 6) is -1.63. The van der Waals surface area contributed by atoms with Crippen LogP contribution in [0, 0.1) is 12.7 Å². The first kappa shape index (κ1) is 18.8. The fraction of sp³-hybridized carbons (Fsp3) is 0.150. The fourth-order valence-corrected chi connectivity index (χ4v) is 4.36. The summed E-state index contributed by atoms with van der Waals surface area (Å²) in [6.45, 7) is 3.51. The molecular formula is C20H18FNO4S. The van der Waals surface area contributed by atoms with Crippen LogP contribution in [-0.2, 0) is 14.8 Å². The van der Waals surface area contributed by atoms with Gasteiger partial charge in [-0.2, -0.15) is 0 Å². The van der Waals surface area contributed by atoms with Crippen molar-refractivity contribution in [1.82, 2.24) is 3.97 Å². The Labute approximate surface area is 156 Å². The molecule has 3 rings (SSSR count). The number of hydrogen-bond donors (Lipinski definition) is 1. The van der Waals surface area contributed by atoms with Gasteiger partial charge in [-0.05, 0) is 55.8 Å². The Morgan fingerprint density at radius 2 is 1.81 bits per heavy atom. The number of fused-ring (bicyclic) bond motifs is 1. The molecule has 0 atom stereocenters. The van der Waals surface area contributed by atoms with E-state index >= 15 is 0 Å². The molecule has 0 aliphatic rings. The largest absolute Gasteiger partial charge is 0.478 e. The van der Waals surface area contributed by atoms with Crippen LogP contribution in [0.3, 0.4) is 0 Å². The number of aryl methyl sites for hydroxylation is 1. The number of nitrogens with zero attached hydrogens (tertiary/aromatic N) is 1. The lowest BCUT2D eigenvalue weighted by Crippen LogP contribution is -2.14. The predicted octanol–water partition coefficient (Wildman–Crippen LogP) is 4.20. The molecule has 7 heteroatoms. The van der Waals surface area contributed by atoms with E-state index in [9.17, 15) is 22.7 Å². The summed E-state index contributed by atoms with van der Waals surface area (Å²) >= 11 is 0. The molecular weight excluding hydrogens is 369 g/mol. The van der Waals surface area contributed by atoms with Gasteiger partial charge in [0.15, 0.2) is 0 Å². The lowest BCUT2D eigenvalue weighted by Gasteiger charge is -2.11. The van der Waals surface area contributed by atoms with Gasteiger partial charge in [0.05, 0.1) is 16.1 Å². The van der Waals surface area contributed by atoms with Crippen LogP contribution in [0.4, 0.5) is 4.39 Å². The molecule has 0 aliphatic carbocycles. The Balaban J connectivity index is 2.34. The van der Waals surface area contributed by atoms with E-state index < -0.39 is 21.8 Å². The minimum Gasteiger partial charge on any atom is -0.478 e. The second-order valence-corrected chi connectivity index (χ2v) is 7.97. The fourth-order valence-electron chi connectivity index (χ4n) is 2.86. The number of carbonyl (C=O) groups is 1. The molecule has 1 heterocycles. The van der Waals surface area contributed by atoms with Gasteiger partial charge in [-0.25, -0.2) is 21.6 Å². The molecule has 5 nitrogen and oxygen atoms in total. The minimum atomic E-state index is -4.01. The van der Waals surface area contributed by atoms with Crippen molar-refractivity contribution in [2.75, 3.05) is 0 Å². The lowest BCUT2D eigenvalue weighted by atomic mass is 10.1. The third kappa shape index (κ3) is 3.50. The van der Waals surface area contributed by atoms with Crippen molar-refractivity contribution in [1.29, 1.82) is 0 Å². The van der Waals surface area contributed by atoms with Crippen LogP contribution in [0.2, 0.25) is 0 Å². The van der Waals surface area contributed by atoms with Crippen LogP contribution in [0.15, 0.2) is 59.0 Å². The van der Waals surface area contributed by atoms with Crippen LogP contribution >= 0.6 is 0 Å². The molecule has 0 fully saturated rings. The number of rotatable bonds is 5. The molecule has 2 aromatic carbocycles. The summed E-state index contributed by atoms with van der Waals surface area (Å²) in [6, 6.07) is 11.6. The number of halogens is 1. The third-order valence-corrected chi connectivity index (χ3v) is 6.04. The van der Waals surface area contributed by atoms with E-state index in [0.29, 0.717) is 5.39 Å². The van der Waals surface area contributed by atoms with Crippen molar-refractivity contribution >= 4 is 33.0 Å². The Morgan fingerprint density at radius 1 is 1.15 bits per heavy atom. The van der Waals surface area contributed by atoms with E-state index in [2.05, 4.69) is 0 Å². The Hall–Kier alpha value is -2.93. The quantitative estimate of drug-likeness (QED) is 0.666. The predicted molar refractivity (Wildman–Crippen MR) is 102 cm³/mol. The lowest BCUT2D eigenvalue weighted by molar-refractivity contribution is -0.132. The zero-order valence-corrected chi connectivity index (χ0v) is 15.6. The molecule has 0 aliphatic heterocycles. The van der Waals surface area contributed by atoms with Gasteiger partial charge >= 0.3 is 5.97 Å². The Morgan fingerprint density at radius 3 is 2.41 bits per heavy atom. The van der Waals surface area contributed by atoms with Crippen LogP contribution < -0.4 is 0 Å². The van der Waals surface area contributed by atoms with Crippen LogP contribution in [-0.4, -0.2) is 23.5 Å². The standard InChI is InChI=1S/C20H18FNO4S/c1-3-14(20(23)24)11-17-12-15-10-16(21)6-9-19(15)22(17)27(25,26)18-7-4-13(2)5-8-18/h4-12H,3H2,1-2H3,(H,23,24). The highest BCUT2D eigenvalue weighted by Gasteiger charge is 2.23. The number of hydrogen-bond acceptors (Lipinski definition) is 3. The molecule has 1 aromatic heterocycles. The van der Waals surface area contributed by atoms with E-state index in [0.717, 1.165) is 9.54 Å². The Kier molecular flexibility index (Phi) is 4.89. The molecule has 0 bridgehead atoms. The summed E-state index contributed by atoms with van der Waals surface area (Å²) in [5.41, 5.74) is 1.41. The van der Waals surface area contributed by atoms with Gasteiger partial charge in [0, 0.05) is 11.0 Å². The summed E-state index contributed by atoms with van der Waals surface area (Å²) in [5, 5.41) is 9.68. The monoisotopic (exact) mass is 387 g/mol. The second kappa shape index (κ2) is 7.00. The summed E-state index contributed by atoms with van der Waals surface area (Å²) in [7, 11) is -4.01. The molecule has 0 amide bonds. The molecule has 0 unspecified atom stereocenters. The van der Waals surface area contributed by atoms with Gasteiger partial charge in [0.2, 0.25) is 0 Å². The van der Waals surface area contributed by atoms with E-state index in [4.69, 9.17) is 0 Å². The number of aromatic nitrogens is 1. The summed E-state index contributed by atoms with van der Waals surface area (Å²) in [4.78, 5) is 11.5. The number of benzene rings is 2. The molecule has 0 saturated carbocycles. The molecule has 27 heavy (non-hydrogen) atoms. The minimum absolute atomic E-state index is 0.0543. The Bertz CT molecular complexity index is 1160. The van der Waals surface area contributed by atoms with Crippen molar-refractivity contribution in [3.05, 3.63) is 71.2 Å². The highest BCUT2D eigenvalue weighted by atomic mass is 32.2. The van der Waals surface area contributed by atoms with Crippen LogP contribution in [0.1, 0.15) is 24.6 Å². The average molecular weight is 387 g/mol. The first-order valence-corrected chi connectivity index (χ1v) is 9.75. The van der Waals surface area contributed by atoms with E-state index in [1.165, 1.54) is 42.5 Å². The number of carboxylic acid groups (broad SMARTS) is 1. The van der Waals surface area contributed by atoms with Gasteiger partial charge in [-0.1, -0.05) is 24.6 Å². The number of aliphatic carboxylic acids is 1. The van der Waals surface area contributed by atoms with Gasteiger partial charge in [-0.3, -0.25) is 0 Å². The smallest absolute Gasteiger partial charge is 0.331 e. The van der Waals surface area contributed by atoms with Gasteiger partial charge in [-0.15, -0.1) is 0 Å². The highest BCUT2D eigenvalue weighted by Crippen LogP contribution is 2.28. The highest BCUT2D eigenvalue weighted by molar-refractivity contribution is 7.90. The summed E-state index contributed by atoms with van der Waals surface area (Å²) < 4.78 is 41.2.